The largest absolute Gasteiger partial charge is 0.252 e. The van der Waals surface area contributed by atoms with Gasteiger partial charge in [0.2, 0.25) is 0 Å². The van der Waals surface area contributed by atoms with Gasteiger partial charge in [0.15, 0.2) is 0 Å². The molecule has 18 heavy (non-hydrogen) atoms. The fourth-order valence-corrected chi connectivity index (χ4v) is 5.79. The first-order valence-corrected chi connectivity index (χ1v) is 9.18. The molecule has 1 aromatic heterocycles. The summed E-state index contributed by atoms with van der Waals surface area (Å²) in [6.45, 7) is 5.71. The summed E-state index contributed by atoms with van der Waals surface area (Å²) >= 11 is 4.59. The van der Waals surface area contributed by atoms with Gasteiger partial charge < -0.3 is 0 Å². The quantitative estimate of drug-likeness (QED) is 0.832. The van der Waals surface area contributed by atoms with Crippen LogP contribution in [0.3, 0.4) is 0 Å². The van der Waals surface area contributed by atoms with E-state index in [-0.39, 0.29) is 0 Å². The van der Waals surface area contributed by atoms with Gasteiger partial charge in [-0.2, -0.15) is 4.31 Å². The van der Waals surface area contributed by atoms with E-state index >= 15 is 0 Å². The molecule has 0 atom stereocenters. The van der Waals surface area contributed by atoms with Gasteiger partial charge in [0.05, 0.1) is 3.79 Å². The SMILES string of the molecule is CCC1(C)CCN(S(=O)(=O)c2ccc(Br)s2)CC1. The zero-order valence-electron chi connectivity index (χ0n) is 10.6. The van der Waals surface area contributed by atoms with Crippen LogP contribution in [0.2, 0.25) is 0 Å². The van der Waals surface area contributed by atoms with Crippen LogP contribution in [0.15, 0.2) is 20.1 Å². The smallest absolute Gasteiger partial charge is 0.206 e. The highest BCUT2D eigenvalue weighted by Gasteiger charge is 2.34. The van der Waals surface area contributed by atoms with Gasteiger partial charge in [-0.25, -0.2) is 8.42 Å². The van der Waals surface area contributed by atoms with Gasteiger partial charge in [0.1, 0.15) is 4.21 Å². The Morgan fingerprint density at radius 3 is 2.44 bits per heavy atom. The maximum Gasteiger partial charge on any atom is 0.252 e. The van der Waals surface area contributed by atoms with Crippen LogP contribution in [-0.2, 0) is 10.0 Å². The minimum atomic E-state index is -3.28. The van der Waals surface area contributed by atoms with Crippen LogP contribution in [0.1, 0.15) is 33.1 Å². The molecule has 1 fully saturated rings. The van der Waals surface area contributed by atoms with Crippen molar-refractivity contribution in [1.29, 1.82) is 0 Å². The van der Waals surface area contributed by atoms with Crippen molar-refractivity contribution >= 4 is 37.3 Å². The fraction of sp³-hybridized carbons (Fsp3) is 0.667. The molecule has 3 nitrogen and oxygen atoms in total. The summed E-state index contributed by atoms with van der Waals surface area (Å²) in [6, 6.07) is 3.47. The number of rotatable bonds is 3. The van der Waals surface area contributed by atoms with E-state index < -0.39 is 10.0 Å². The second-order valence-electron chi connectivity index (χ2n) is 5.13. The van der Waals surface area contributed by atoms with Gasteiger partial charge in [-0.3, -0.25) is 0 Å². The van der Waals surface area contributed by atoms with Crippen molar-refractivity contribution in [3.8, 4) is 0 Å². The molecule has 0 unspecified atom stereocenters. The molecule has 1 aliphatic rings. The molecule has 0 radical (unpaired) electrons. The summed E-state index contributed by atoms with van der Waals surface area (Å²) in [5, 5.41) is 0. The van der Waals surface area contributed by atoms with Crippen molar-refractivity contribution in [2.24, 2.45) is 5.41 Å². The van der Waals surface area contributed by atoms with E-state index in [0.29, 0.717) is 22.7 Å². The third-order valence-corrected chi connectivity index (χ3v) is 7.92. The van der Waals surface area contributed by atoms with E-state index in [1.807, 2.05) is 0 Å². The first kappa shape index (κ1) is 14.5. The van der Waals surface area contributed by atoms with Gasteiger partial charge >= 0.3 is 0 Å². The second kappa shape index (κ2) is 5.23. The monoisotopic (exact) mass is 351 g/mol. The van der Waals surface area contributed by atoms with Crippen LogP contribution in [0.5, 0.6) is 0 Å². The van der Waals surface area contributed by atoms with Crippen LogP contribution >= 0.6 is 27.3 Å². The molecule has 0 aliphatic carbocycles. The molecule has 0 aromatic carbocycles. The zero-order chi connectivity index (χ0) is 13.4. The predicted octanol–water partition coefficient (Wildman–Crippen LogP) is 3.71. The van der Waals surface area contributed by atoms with E-state index in [9.17, 15) is 8.42 Å². The predicted molar refractivity (Wildman–Crippen MR) is 78.4 cm³/mol. The van der Waals surface area contributed by atoms with Crippen molar-refractivity contribution in [3.63, 3.8) is 0 Å². The normalized spacial score (nSPS) is 21.1. The minimum Gasteiger partial charge on any atom is -0.206 e. The minimum absolute atomic E-state index is 0.308. The fourth-order valence-electron chi connectivity index (χ4n) is 2.18. The molecule has 2 rings (SSSR count). The molecule has 0 saturated carbocycles. The van der Waals surface area contributed by atoms with E-state index in [4.69, 9.17) is 0 Å². The molecule has 102 valence electrons. The van der Waals surface area contributed by atoms with Crippen molar-refractivity contribution in [2.45, 2.75) is 37.3 Å². The Hall–Kier alpha value is 0.0900. The van der Waals surface area contributed by atoms with Crippen molar-refractivity contribution in [3.05, 3.63) is 15.9 Å². The molecule has 0 bridgehead atoms. The number of thiophene rings is 1. The van der Waals surface area contributed by atoms with Gasteiger partial charge in [0, 0.05) is 13.1 Å². The lowest BCUT2D eigenvalue weighted by molar-refractivity contribution is 0.169. The third-order valence-electron chi connectivity index (χ3n) is 3.93. The van der Waals surface area contributed by atoms with Crippen molar-refractivity contribution < 1.29 is 8.42 Å². The van der Waals surface area contributed by atoms with E-state index in [1.54, 1.807) is 16.4 Å². The Morgan fingerprint density at radius 1 is 1.39 bits per heavy atom. The van der Waals surface area contributed by atoms with E-state index in [1.165, 1.54) is 11.3 Å². The highest BCUT2D eigenvalue weighted by Crippen LogP contribution is 2.37. The van der Waals surface area contributed by atoms with E-state index in [2.05, 4.69) is 29.8 Å². The summed E-state index contributed by atoms with van der Waals surface area (Å²) in [6.07, 6.45) is 3.02. The van der Waals surface area contributed by atoms with E-state index in [0.717, 1.165) is 23.0 Å². The summed E-state index contributed by atoms with van der Waals surface area (Å²) < 4.78 is 27.8. The molecule has 0 spiro atoms. The highest BCUT2D eigenvalue weighted by atomic mass is 79.9. The Balaban J connectivity index is 2.14. The summed E-state index contributed by atoms with van der Waals surface area (Å²) in [7, 11) is -3.28. The Bertz CT molecular complexity index is 516. The highest BCUT2D eigenvalue weighted by molar-refractivity contribution is 9.11. The zero-order valence-corrected chi connectivity index (χ0v) is 13.9. The number of halogens is 1. The standard InChI is InChI=1S/C12H18BrNO2S2/c1-3-12(2)6-8-14(9-7-12)18(15,16)11-5-4-10(13)17-11/h4-5H,3,6-9H2,1-2H3. The number of sulfonamides is 1. The molecular weight excluding hydrogens is 334 g/mol. The second-order valence-corrected chi connectivity index (χ2v) is 9.75. The van der Waals surface area contributed by atoms with Crippen molar-refractivity contribution in [2.75, 3.05) is 13.1 Å². The van der Waals surface area contributed by atoms with Crippen molar-refractivity contribution in [1.82, 2.24) is 4.31 Å². The van der Waals surface area contributed by atoms with Gasteiger partial charge in [-0.15, -0.1) is 11.3 Å². The molecule has 6 heteroatoms. The molecule has 0 amide bonds. The number of hydrogen-bond donors (Lipinski definition) is 0. The maximum atomic E-state index is 12.4. The van der Waals surface area contributed by atoms with Crippen LogP contribution < -0.4 is 0 Å². The Morgan fingerprint density at radius 2 is 2.00 bits per heavy atom. The number of nitrogens with zero attached hydrogens (tertiary/aromatic N) is 1. The number of hydrogen-bond acceptors (Lipinski definition) is 3. The third kappa shape index (κ3) is 2.81. The lowest BCUT2D eigenvalue weighted by Crippen LogP contribution is -2.41. The lowest BCUT2D eigenvalue weighted by atomic mass is 9.79. The molecule has 1 aromatic rings. The first-order valence-electron chi connectivity index (χ1n) is 6.13. The molecule has 1 saturated heterocycles. The topological polar surface area (TPSA) is 37.4 Å². The number of piperidine rings is 1. The average Bonchev–Trinajstić information content (AvgIpc) is 2.77. The summed E-state index contributed by atoms with van der Waals surface area (Å²) in [5.41, 5.74) is 0.308. The Kier molecular flexibility index (Phi) is 4.21. The van der Waals surface area contributed by atoms with Gasteiger partial charge in [-0.1, -0.05) is 20.3 Å². The maximum absolute atomic E-state index is 12.4. The average molecular weight is 352 g/mol. The van der Waals surface area contributed by atoms with Crippen LogP contribution in [0, 0.1) is 5.41 Å². The van der Waals surface area contributed by atoms with Crippen LogP contribution in [0.25, 0.3) is 0 Å². The molecule has 2 heterocycles. The van der Waals surface area contributed by atoms with Gasteiger partial charge in [0.25, 0.3) is 10.0 Å². The molecular formula is C12H18BrNO2S2. The lowest BCUT2D eigenvalue weighted by Gasteiger charge is -2.37. The van der Waals surface area contributed by atoms with Gasteiger partial charge in [-0.05, 0) is 46.3 Å². The summed E-state index contributed by atoms with van der Waals surface area (Å²) in [5.74, 6) is 0. The summed E-state index contributed by atoms with van der Waals surface area (Å²) in [4.78, 5) is 0. The first-order chi connectivity index (χ1) is 8.37. The molecule has 1 aliphatic heterocycles. The van der Waals surface area contributed by atoms with Crippen LogP contribution in [0.4, 0.5) is 0 Å². The Labute approximate surface area is 121 Å². The molecule has 0 N–H and O–H groups in total. The van der Waals surface area contributed by atoms with Crippen LogP contribution in [-0.4, -0.2) is 25.8 Å².